The van der Waals surface area contributed by atoms with Crippen LogP contribution in [0, 0.1) is 13.8 Å². The maximum Gasteiger partial charge on any atom is 0.335 e. The third-order valence-electron chi connectivity index (χ3n) is 3.97. The van der Waals surface area contributed by atoms with Crippen LogP contribution in [0.4, 0.5) is 0 Å². The third-order valence-corrected chi connectivity index (χ3v) is 3.97. The number of aromatic nitrogens is 1. The fraction of sp³-hybridized carbons (Fsp3) is 0.474. The average Bonchev–Trinajstić information content (AvgIpc) is 2.96. The highest BCUT2D eigenvalue weighted by atomic mass is 16.5. The Morgan fingerprint density at radius 1 is 1.21 bits per heavy atom. The average molecular weight is 331 g/mol. The van der Waals surface area contributed by atoms with Crippen LogP contribution < -0.4 is 4.74 Å². The van der Waals surface area contributed by atoms with Crippen molar-refractivity contribution >= 4 is 5.97 Å². The Morgan fingerprint density at radius 2 is 2.00 bits per heavy atom. The van der Waals surface area contributed by atoms with E-state index >= 15 is 0 Å². The summed E-state index contributed by atoms with van der Waals surface area (Å²) < 4.78 is 11.1. The fourth-order valence-electron chi connectivity index (χ4n) is 2.73. The minimum absolute atomic E-state index is 0.319. The first-order chi connectivity index (χ1) is 11.5. The molecular formula is C19H25NO4. The Kier molecular flexibility index (Phi) is 6.41. The van der Waals surface area contributed by atoms with Crippen LogP contribution in [-0.2, 0) is 12.8 Å². The van der Waals surface area contributed by atoms with Gasteiger partial charge in [-0.15, -0.1) is 0 Å². The minimum atomic E-state index is -0.901. The number of carboxylic acid groups (broad SMARTS) is 1. The first-order valence-corrected chi connectivity index (χ1v) is 8.43. The summed E-state index contributed by atoms with van der Waals surface area (Å²) in [5.41, 5.74) is 3.06. The maximum atomic E-state index is 11.1. The van der Waals surface area contributed by atoms with Crippen LogP contribution in [0.5, 0.6) is 5.75 Å². The second-order valence-corrected chi connectivity index (χ2v) is 6.03. The van der Waals surface area contributed by atoms with Gasteiger partial charge < -0.3 is 14.4 Å². The number of hydrogen-bond acceptors (Lipinski definition) is 4. The molecule has 1 heterocycles. The minimum Gasteiger partial charge on any atom is -0.493 e. The van der Waals surface area contributed by atoms with Crippen molar-refractivity contribution in [3.05, 3.63) is 46.3 Å². The summed E-state index contributed by atoms with van der Waals surface area (Å²) in [4.78, 5) is 11.1. The van der Waals surface area contributed by atoms with Crippen LogP contribution in [-0.4, -0.2) is 22.8 Å². The predicted octanol–water partition coefficient (Wildman–Crippen LogP) is 4.34. The number of aryl methyl sites for hydroxylation is 4. The van der Waals surface area contributed by atoms with Gasteiger partial charge in [0.05, 0.1) is 17.9 Å². The zero-order valence-electron chi connectivity index (χ0n) is 14.6. The number of rotatable bonds is 9. The molecule has 1 N–H and O–H groups in total. The van der Waals surface area contributed by atoms with Crippen molar-refractivity contribution in [2.75, 3.05) is 6.61 Å². The predicted molar refractivity (Wildman–Crippen MR) is 91.8 cm³/mol. The van der Waals surface area contributed by atoms with Gasteiger partial charge in [0.25, 0.3) is 0 Å². The molecular weight excluding hydrogens is 306 g/mol. The van der Waals surface area contributed by atoms with Crippen molar-refractivity contribution in [3.8, 4) is 5.75 Å². The van der Waals surface area contributed by atoms with E-state index in [1.54, 1.807) is 12.1 Å². The SMILES string of the molecule is CCc1cc(C(=O)O)cc(C)c1OCCCCCc1cc(C)no1. The van der Waals surface area contributed by atoms with E-state index in [9.17, 15) is 4.79 Å². The van der Waals surface area contributed by atoms with Crippen molar-refractivity contribution < 1.29 is 19.2 Å². The molecule has 0 saturated carbocycles. The van der Waals surface area contributed by atoms with Crippen molar-refractivity contribution in [2.24, 2.45) is 0 Å². The quantitative estimate of drug-likeness (QED) is 0.692. The van der Waals surface area contributed by atoms with Gasteiger partial charge in [-0.1, -0.05) is 12.1 Å². The molecule has 1 aromatic carbocycles. The molecule has 1 aromatic heterocycles. The molecule has 0 aliphatic rings. The first-order valence-electron chi connectivity index (χ1n) is 8.43. The van der Waals surface area contributed by atoms with Crippen molar-refractivity contribution in [1.82, 2.24) is 5.16 Å². The van der Waals surface area contributed by atoms with Crippen LogP contribution in [0.1, 0.15) is 59.1 Å². The Bertz CT molecular complexity index is 691. The van der Waals surface area contributed by atoms with Gasteiger partial charge >= 0.3 is 5.97 Å². The Hall–Kier alpha value is -2.30. The van der Waals surface area contributed by atoms with Gasteiger partial charge in [-0.2, -0.15) is 0 Å². The summed E-state index contributed by atoms with van der Waals surface area (Å²) in [5, 5.41) is 13.0. The van der Waals surface area contributed by atoms with Crippen molar-refractivity contribution in [3.63, 3.8) is 0 Å². The van der Waals surface area contributed by atoms with Gasteiger partial charge in [0.1, 0.15) is 11.5 Å². The number of hydrogen-bond donors (Lipinski definition) is 1. The van der Waals surface area contributed by atoms with E-state index < -0.39 is 5.97 Å². The molecule has 0 fully saturated rings. The number of carbonyl (C=O) groups is 1. The molecule has 2 aromatic rings. The summed E-state index contributed by atoms with van der Waals surface area (Å²) in [6, 6.07) is 5.34. The van der Waals surface area contributed by atoms with Crippen LogP contribution in [0.15, 0.2) is 22.7 Å². The molecule has 24 heavy (non-hydrogen) atoms. The summed E-state index contributed by atoms with van der Waals surface area (Å²) in [5.74, 6) is 0.858. The lowest BCUT2D eigenvalue weighted by molar-refractivity contribution is 0.0696. The molecule has 0 atom stereocenters. The van der Waals surface area contributed by atoms with Gasteiger partial charge in [0.2, 0.25) is 0 Å². The Labute approximate surface area is 142 Å². The standard InChI is InChI=1S/C19H25NO4/c1-4-15-12-16(19(21)22)10-13(2)18(15)23-9-7-5-6-8-17-11-14(3)20-24-17/h10-12H,4-9H2,1-3H3,(H,21,22). The van der Waals surface area contributed by atoms with Crippen LogP contribution in [0.3, 0.4) is 0 Å². The van der Waals surface area contributed by atoms with E-state index in [0.717, 1.165) is 60.4 Å². The molecule has 0 spiro atoms. The molecule has 0 radical (unpaired) electrons. The van der Waals surface area contributed by atoms with E-state index in [2.05, 4.69) is 5.16 Å². The Morgan fingerprint density at radius 3 is 2.62 bits per heavy atom. The first kappa shape index (κ1) is 18.0. The number of aromatic carboxylic acids is 1. The molecule has 0 amide bonds. The van der Waals surface area contributed by atoms with E-state index in [0.29, 0.717) is 12.2 Å². The fourth-order valence-corrected chi connectivity index (χ4v) is 2.73. The topological polar surface area (TPSA) is 72.6 Å². The molecule has 0 aliphatic heterocycles. The van der Waals surface area contributed by atoms with Gasteiger partial charge in [-0.3, -0.25) is 0 Å². The highest BCUT2D eigenvalue weighted by molar-refractivity contribution is 5.88. The molecule has 2 rings (SSSR count). The highest BCUT2D eigenvalue weighted by Gasteiger charge is 2.12. The van der Waals surface area contributed by atoms with Crippen LogP contribution >= 0.6 is 0 Å². The smallest absolute Gasteiger partial charge is 0.335 e. The lowest BCUT2D eigenvalue weighted by atomic mass is 10.0. The summed E-state index contributed by atoms with van der Waals surface area (Å²) in [7, 11) is 0. The molecule has 0 aliphatic carbocycles. The number of nitrogens with zero attached hydrogens (tertiary/aromatic N) is 1. The summed E-state index contributed by atoms with van der Waals surface area (Å²) in [6.45, 7) is 6.46. The van der Waals surface area contributed by atoms with Gasteiger partial charge in [-0.25, -0.2) is 4.79 Å². The maximum absolute atomic E-state index is 11.1. The molecule has 5 nitrogen and oxygen atoms in total. The second-order valence-electron chi connectivity index (χ2n) is 6.03. The summed E-state index contributed by atoms with van der Waals surface area (Å²) >= 11 is 0. The molecule has 0 unspecified atom stereocenters. The lowest BCUT2D eigenvalue weighted by Gasteiger charge is -2.14. The second kappa shape index (κ2) is 8.52. The van der Waals surface area contributed by atoms with Gasteiger partial charge in [-0.05, 0) is 62.8 Å². The van der Waals surface area contributed by atoms with Gasteiger partial charge in [0, 0.05) is 12.5 Å². The third kappa shape index (κ3) is 4.85. The highest BCUT2D eigenvalue weighted by Crippen LogP contribution is 2.26. The van der Waals surface area contributed by atoms with E-state index in [-0.39, 0.29) is 0 Å². The molecule has 0 saturated heterocycles. The van der Waals surface area contributed by atoms with Gasteiger partial charge in [0.15, 0.2) is 0 Å². The molecule has 130 valence electrons. The number of benzene rings is 1. The van der Waals surface area contributed by atoms with E-state index in [1.807, 2.05) is 26.8 Å². The normalized spacial score (nSPS) is 10.8. The lowest BCUT2D eigenvalue weighted by Crippen LogP contribution is -2.05. The molecule has 0 bridgehead atoms. The largest absolute Gasteiger partial charge is 0.493 e. The molecule has 5 heteroatoms. The summed E-state index contributed by atoms with van der Waals surface area (Å²) in [6.07, 6.45) is 4.69. The number of unbranched alkanes of at least 4 members (excludes halogenated alkanes) is 2. The van der Waals surface area contributed by atoms with E-state index in [1.165, 1.54) is 0 Å². The van der Waals surface area contributed by atoms with Crippen molar-refractivity contribution in [2.45, 2.75) is 52.9 Å². The van der Waals surface area contributed by atoms with Crippen LogP contribution in [0.2, 0.25) is 0 Å². The number of ether oxygens (including phenoxy) is 1. The van der Waals surface area contributed by atoms with Crippen LogP contribution in [0.25, 0.3) is 0 Å². The zero-order chi connectivity index (χ0) is 17.5. The Balaban J connectivity index is 1.80. The number of carboxylic acids is 1. The zero-order valence-corrected chi connectivity index (χ0v) is 14.6. The van der Waals surface area contributed by atoms with Crippen molar-refractivity contribution in [1.29, 1.82) is 0 Å². The monoisotopic (exact) mass is 331 g/mol. The van der Waals surface area contributed by atoms with E-state index in [4.69, 9.17) is 14.4 Å².